The number of aryl methyl sites for hydroxylation is 1. The van der Waals surface area contributed by atoms with E-state index in [1.807, 2.05) is 44.2 Å². The van der Waals surface area contributed by atoms with E-state index in [0.717, 1.165) is 12.0 Å². The standard InChI is InChI=1S/C32H42N4O8S/c1-19(2)11-12-36(35-45(39,40)23-9-10-29-27(15-23)33-20(3)43-29)16-28(37)26(13-21-7-5-4-6-8-21)34-32(38)44-30-22-14-24-25(30)18-42-31(24)41-17-22/h4-10,15,19,22,24-26,28,30-31,35,37H,11-14,16-18H2,1-3H3,(H,34,38)/t22?,24?,25?,26?,28-,30?,31?/m1/s1. The zero-order valence-corrected chi connectivity index (χ0v) is 26.6. The molecule has 2 aliphatic heterocycles. The molecule has 6 rings (SSSR count). The van der Waals surface area contributed by atoms with Crippen LogP contribution in [0.1, 0.15) is 38.1 Å². The lowest BCUT2D eigenvalue weighted by atomic mass is 9.98. The number of nitrogens with one attached hydrogen (secondary N) is 2. The third-order valence-corrected chi connectivity index (χ3v) is 10.4. The number of fused-ring (bicyclic) bond motifs is 2. The van der Waals surface area contributed by atoms with Crippen LogP contribution >= 0.6 is 0 Å². The molecule has 1 amide bonds. The first kappa shape index (κ1) is 31.9. The number of rotatable bonds is 13. The minimum Gasteiger partial charge on any atom is -0.445 e. The van der Waals surface area contributed by atoms with Gasteiger partial charge >= 0.3 is 6.09 Å². The van der Waals surface area contributed by atoms with E-state index >= 15 is 0 Å². The Labute approximate surface area is 263 Å². The number of hydrazine groups is 1. The number of amides is 1. The molecule has 2 bridgehead atoms. The maximum atomic E-state index is 13.5. The van der Waals surface area contributed by atoms with Crippen LogP contribution in [-0.4, -0.2) is 80.5 Å². The van der Waals surface area contributed by atoms with E-state index in [1.54, 1.807) is 13.0 Å². The highest BCUT2D eigenvalue weighted by Crippen LogP contribution is 2.49. The third kappa shape index (κ3) is 7.34. The van der Waals surface area contributed by atoms with Gasteiger partial charge in [-0.05, 0) is 48.9 Å². The fourth-order valence-electron chi connectivity index (χ4n) is 6.66. The molecule has 0 radical (unpaired) electrons. The largest absolute Gasteiger partial charge is 0.445 e. The van der Waals surface area contributed by atoms with E-state index in [9.17, 15) is 18.3 Å². The minimum atomic E-state index is -4.02. The fraction of sp³-hybridized carbons (Fsp3) is 0.562. The number of nitrogens with zero attached hydrogens (tertiary/aromatic N) is 2. The van der Waals surface area contributed by atoms with Gasteiger partial charge in [-0.1, -0.05) is 44.2 Å². The summed E-state index contributed by atoms with van der Waals surface area (Å²) in [7, 11) is -4.02. The number of benzene rings is 2. The van der Waals surface area contributed by atoms with Gasteiger partial charge in [-0.25, -0.2) is 23.2 Å². The number of aliphatic hydroxyl groups excluding tert-OH is 1. The Hall–Kier alpha value is -3.07. The molecule has 6 unspecified atom stereocenters. The normalized spacial score (nSPS) is 25.6. The summed E-state index contributed by atoms with van der Waals surface area (Å²) in [6.45, 7) is 7.03. The van der Waals surface area contributed by atoms with Gasteiger partial charge < -0.3 is 29.1 Å². The van der Waals surface area contributed by atoms with Crippen LogP contribution in [0, 0.1) is 30.6 Å². The topological polar surface area (TPSA) is 152 Å². The van der Waals surface area contributed by atoms with Gasteiger partial charge in [-0.2, -0.15) is 0 Å². The number of aliphatic hydroxyl groups is 1. The molecular weight excluding hydrogens is 600 g/mol. The predicted octanol–water partition coefficient (Wildman–Crippen LogP) is 3.38. The summed E-state index contributed by atoms with van der Waals surface area (Å²) in [6.07, 6.45) is -0.419. The van der Waals surface area contributed by atoms with Crippen molar-refractivity contribution >= 4 is 27.2 Å². The first-order chi connectivity index (χ1) is 21.6. The molecule has 0 spiro atoms. The summed E-state index contributed by atoms with van der Waals surface area (Å²) < 4.78 is 50.0. The smallest absolute Gasteiger partial charge is 0.407 e. The molecule has 244 valence electrons. The number of sulfonamides is 1. The summed E-state index contributed by atoms with van der Waals surface area (Å²) in [5, 5.41) is 16.0. The Morgan fingerprint density at radius 3 is 2.69 bits per heavy atom. The Morgan fingerprint density at radius 2 is 1.91 bits per heavy atom. The number of hydrogen-bond acceptors (Lipinski definition) is 10. The predicted molar refractivity (Wildman–Crippen MR) is 164 cm³/mol. The van der Waals surface area contributed by atoms with Crippen LogP contribution in [0.15, 0.2) is 57.8 Å². The van der Waals surface area contributed by atoms with Gasteiger partial charge in [0.25, 0.3) is 10.0 Å². The number of alkyl carbamates (subject to hydrolysis) is 1. The fourth-order valence-corrected chi connectivity index (χ4v) is 7.79. The number of carbonyl (C=O) groups excluding carboxylic acids is 1. The van der Waals surface area contributed by atoms with Crippen molar-refractivity contribution in [2.24, 2.45) is 23.7 Å². The zero-order chi connectivity index (χ0) is 31.7. The molecule has 3 fully saturated rings. The molecule has 3 heterocycles. The second kappa shape index (κ2) is 13.3. The highest BCUT2D eigenvalue weighted by atomic mass is 32.2. The maximum absolute atomic E-state index is 13.5. The number of ether oxygens (including phenoxy) is 3. The first-order valence-electron chi connectivity index (χ1n) is 15.6. The number of hydrogen-bond donors (Lipinski definition) is 3. The molecule has 45 heavy (non-hydrogen) atoms. The molecule has 1 saturated carbocycles. The van der Waals surface area contributed by atoms with Crippen LogP contribution in [-0.2, 0) is 30.7 Å². The molecule has 12 nitrogen and oxygen atoms in total. The Morgan fingerprint density at radius 1 is 1.13 bits per heavy atom. The SMILES string of the molecule is Cc1nc2cc(S(=O)(=O)NN(CCC(C)C)C[C@@H](O)C(Cc3ccccc3)NC(=O)OC3C4COC5OCC3C5C4)ccc2o1. The van der Waals surface area contributed by atoms with Crippen LogP contribution < -0.4 is 10.1 Å². The zero-order valence-electron chi connectivity index (χ0n) is 25.8. The average Bonchev–Trinajstić information content (AvgIpc) is 3.66. The minimum absolute atomic E-state index is 0.0266. The van der Waals surface area contributed by atoms with Crippen LogP contribution in [0.2, 0.25) is 0 Å². The maximum Gasteiger partial charge on any atom is 0.407 e. The molecular formula is C32H42N4O8S. The molecule has 3 aliphatic rings. The highest BCUT2D eigenvalue weighted by molar-refractivity contribution is 7.89. The van der Waals surface area contributed by atoms with E-state index in [4.69, 9.17) is 18.6 Å². The van der Waals surface area contributed by atoms with Crippen LogP contribution in [0.5, 0.6) is 0 Å². The van der Waals surface area contributed by atoms with Crippen LogP contribution in [0.3, 0.4) is 0 Å². The van der Waals surface area contributed by atoms with E-state index in [1.165, 1.54) is 17.1 Å². The Bertz CT molecular complexity index is 1580. The Balaban J connectivity index is 1.17. The summed E-state index contributed by atoms with van der Waals surface area (Å²) >= 11 is 0. The highest BCUT2D eigenvalue weighted by Gasteiger charge is 2.56. The summed E-state index contributed by atoms with van der Waals surface area (Å²) in [5.41, 5.74) is 1.84. The molecule has 1 aromatic heterocycles. The first-order valence-corrected chi connectivity index (χ1v) is 17.1. The van der Waals surface area contributed by atoms with Crippen molar-refractivity contribution in [3.63, 3.8) is 0 Å². The van der Waals surface area contributed by atoms with Gasteiger partial charge in [0.2, 0.25) is 0 Å². The van der Waals surface area contributed by atoms with Crippen molar-refractivity contribution in [1.82, 2.24) is 20.1 Å². The third-order valence-electron chi connectivity index (χ3n) is 9.01. The summed E-state index contributed by atoms with van der Waals surface area (Å²) in [6, 6.07) is 13.3. The molecule has 2 aromatic carbocycles. The molecule has 2 saturated heterocycles. The molecule has 3 aromatic rings. The lowest BCUT2D eigenvalue weighted by Crippen LogP contribution is -2.54. The molecule has 1 aliphatic carbocycles. The second-order valence-corrected chi connectivity index (χ2v) is 14.5. The van der Waals surface area contributed by atoms with Gasteiger partial charge in [0.15, 0.2) is 17.8 Å². The van der Waals surface area contributed by atoms with E-state index in [0.29, 0.717) is 49.6 Å². The second-order valence-electron chi connectivity index (χ2n) is 12.8. The van der Waals surface area contributed by atoms with Crippen molar-refractivity contribution < 1.29 is 36.9 Å². The molecule has 7 atom stereocenters. The van der Waals surface area contributed by atoms with Crippen LogP contribution in [0.25, 0.3) is 11.1 Å². The number of oxazole rings is 1. The van der Waals surface area contributed by atoms with E-state index in [2.05, 4.69) is 15.1 Å². The Kier molecular flexibility index (Phi) is 9.46. The van der Waals surface area contributed by atoms with Gasteiger partial charge in [0.05, 0.1) is 30.3 Å². The monoisotopic (exact) mass is 642 g/mol. The van der Waals surface area contributed by atoms with Gasteiger partial charge in [0.1, 0.15) is 11.6 Å². The van der Waals surface area contributed by atoms with Crippen molar-refractivity contribution in [2.75, 3.05) is 26.3 Å². The van der Waals surface area contributed by atoms with Crippen LogP contribution in [0.4, 0.5) is 4.79 Å². The van der Waals surface area contributed by atoms with Crippen molar-refractivity contribution in [3.8, 4) is 0 Å². The lowest BCUT2D eigenvalue weighted by molar-refractivity contribution is -0.169. The van der Waals surface area contributed by atoms with Gasteiger partial charge in [0, 0.05) is 37.8 Å². The lowest BCUT2D eigenvalue weighted by Gasteiger charge is -2.31. The van der Waals surface area contributed by atoms with Gasteiger partial charge in [-0.15, -0.1) is 4.83 Å². The van der Waals surface area contributed by atoms with Crippen molar-refractivity contribution in [2.45, 2.75) is 69.5 Å². The number of carbonyl (C=O) groups is 1. The summed E-state index contributed by atoms with van der Waals surface area (Å²) in [5.74, 6) is 1.15. The summed E-state index contributed by atoms with van der Waals surface area (Å²) in [4.78, 5) is 20.3. The van der Waals surface area contributed by atoms with E-state index < -0.39 is 28.3 Å². The number of aromatic nitrogens is 1. The molecule has 13 heteroatoms. The van der Waals surface area contributed by atoms with Gasteiger partial charge in [-0.3, -0.25) is 0 Å². The van der Waals surface area contributed by atoms with Crippen molar-refractivity contribution in [1.29, 1.82) is 0 Å². The van der Waals surface area contributed by atoms with Crippen molar-refractivity contribution in [3.05, 3.63) is 60.0 Å². The average molecular weight is 643 g/mol. The van der Waals surface area contributed by atoms with E-state index in [-0.39, 0.29) is 47.5 Å². The molecule has 3 N–H and O–H groups in total. The quantitative estimate of drug-likeness (QED) is 0.237.